The van der Waals surface area contributed by atoms with E-state index >= 15 is 0 Å². The zero-order valence-corrected chi connectivity index (χ0v) is 16.9. The van der Waals surface area contributed by atoms with E-state index in [-0.39, 0.29) is 5.91 Å². The number of fused-ring (bicyclic) bond motifs is 1. The van der Waals surface area contributed by atoms with E-state index in [1.165, 1.54) is 0 Å². The van der Waals surface area contributed by atoms with Gasteiger partial charge in [-0.2, -0.15) is 4.98 Å². The highest BCUT2D eigenvalue weighted by Crippen LogP contribution is 2.23. The Morgan fingerprint density at radius 2 is 1.76 bits per heavy atom. The molecule has 4 rings (SSSR count). The molecule has 2 heterocycles. The van der Waals surface area contributed by atoms with Crippen LogP contribution in [-0.2, 0) is 0 Å². The van der Waals surface area contributed by atoms with Gasteiger partial charge in [0.2, 0.25) is 11.7 Å². The van der Waals surface area contributed by atoms with E-state index in [2.05, 4.69) is 20.4 Å². The maximum absolute atomic E-state index is 12.9. The lowest BCUT2D eigenvalue weighted by Crippen LogP contribution is -2.27. The summed E-state index contributed by atoms with van der Waals surface area (Å²) < 4.78 is 5.40. The lowest BCUT2D eigenvalue weighted by atomic mass is 10.1. The zero-order chi connectivity index (χ0) is 20.5. The molecular formula is C23H22N4O2. The first-order chi connectivity index (χ1) is 13.9. The smallest absolute Gasteiger partial charge is 0.253 e. The first kappa shape index (κ1) is 18.8. The minimum atomic E-state index is -0.430. The van der Waals surface area contributed by atoms with Crippen molar-refractivity contribution >= 4 is 16.8 Å². The highest BCUT2D eigenvalue weighted by atomic mass is 16.5. The van der Waals surface area contributed by atoms with Crippen LogP contribution in [0.5, 0.6) is 0 Å². The van der Waals surface area contributed by atoms with Crippen LogP contribution in [0, 0.1) is 20.8 Å². The van der Waals surface area contributed by atoms with Gasteiger partial charge in [0.05, 0.1) is 16.8 Å². The van der Waals surface area contributed by atoms with Gasteiger partial charge in [0.15, 0.2) is 0 Å². The number of pyridine rings is 1. The summed E-state index contributed by atoms with van der Waals surface area (Å²) in [6, 6.07) is 15.2. The van der Waals surface area contributed by atoms with Gasteiger partial charge in [0.1, 0.15) is 6.04 Å². The number of benzene rings is 2. The lowest BCUT2D eigenvalue weighted by Gasteiger charge is -2.12. The van der Waals surface area contributed by atoms with Crippen molar-refractivity contribution in [3.05, 3.63) is 76.8 Å². The number of hydrogen-bond donors (Lipinski definition) is 1. The molecule has 6 nitrogen and oxygen atoms in total. The molecule has 0 fully saturated rings. The first-order valence-corrected chi connectivity index (χ1v) is 9.51. The van der Waals surface area contributed by atoms with Crippen LogP contribution in [0.3, 0.4) is 0 Å². The van der Waals surface area contributed by atoms with Gasteiger partial charge in [-0.1, -0.05) is 47.6 Å². The predicted molar refractivity (Wildman–Crippen MR) is 112 cm³/mol. The van der Waals surface area contributed by atoms with E-state index in [1.807, 2.05) is 76.2 Å². The molecule has 0 bridgehead atoms. The monoisotopic (exact) mass is 386 g/mol. The number of aromatic nitrogens is 3. The van der Waals surface area contributed by atoms with Crippen molar-refractivity contribution in [1.29, 1.82) is 0 Å². The van der Waals surface area contributed by atoms with Gasteiger partial charge in [0, 0.05) is 10.9 Å². The Kier molecular flexibility index (Phi) is 4.84. The molecular weight excluding hydrogens is 364 g/mol. The Morgan fingerprint density at radius 3 is 2.55 bits per heavy atom. The van der Waals surface area contributed by atoms with Gasteiger partial charge < -0.3 is 9.84 Å². The predicted octanol–water partition coefficient (Wildman–Crippen LogP) is 4.70. The summed E-state index contributed by atoms with van der Waals surface area (Å²) in [5, 5.41) is 7.94. The van der Waals surface area contributed by atoms with Crippen molar-refractivity contribution in [1.82, 2.24) is 20.4 Å². The fraction of sp³-hybridized carbons (Fsp3) is 0.217. The largest absolute Gasteiger partial charge is 0.340 e. The topological polar surface area (TPSA) is 80.9 Å². The van der Waals surface area contributed by atoms with Crippen molar-refractivity contribution < 1.29 is 9.32 Å². The van der Waals surface area contributed by atoms with Crippen molar-refractivity contribution in [3.8, 4) is 11.4 Å². The Hall–Kier alpha value is -3.54. The van der Waals surface area contributed by atoms with Crippen molar-refractivity contribution in [3.63, 3.8) is 0 Å². The minimum Gasteiger partial charge on any atom is -0.340 e. The molecule has 0 saturated carbocycles. The Labute approximate surface area is 169 Å². The Morgan fingerprint density at radius 1 is 1.00 bits per heavy atom. The third-order valence-corrected chi connectivity index (χ3v) is 5.03. The van der Waals surface area contributed by atoms with Gasteiger partial charge >= 0.3 is 0 Å². The van der Waals surface area contributed by atoms with E-state index in [0.717, 1.165) is 27.6 Å². The number of carbonyl (C=O) groups excluding carboxylic acids is 1. The second kappa shape index (κ2) is 7.47. The van der Waals surface area contributed by atoms with Gasteiger partial charge in [-0.3, -0.25) is 9.78 Å². The van der Waals surface area contributed by atoms with Crippen LogP contribution in [0.1, 0.15) is 46.0 Å². The van der Waals surface area contributed by atoms with E-state index in [9.17, 15) is 4.79 Å². The van der Waals surface area contributed by atoms with E-state index in [1.54, 1.807) is 0 Å². The number of nitrogens with zero attached hydrogens (tertiary/aromatic N) is 3. The maximum atomic E-state index is 12.9. The summed E-state index contributed by atoms with van der Waals surface area (Å²) in [7, 11) is 0. The Balaban J connectivity index is 1.57. The molecule has 4 aromatic rings. The molecule has 2 aromatic heterocycles. The molecule has 0 aliphatic carbocycles. The number of para-hydroxylation sites is 1. The number of amides is 1. The molecule has 29 heavy (non-hydrogen) atoms. The Bertz CT molecular complexity index is 1210. The van der Waals surface area contributed by atoms with E-state index < -0.39 is 6.04 Å². The second-order valence-electron chi connectivity index (χ2n) is 7.23. The fourth-order valence-electron chi connectivity index (χ4n) is 3.35. The van der Waals surface area contributed by atoms with Gasteiger partial charge in [-0.25, -0.2) is 0 Å². The van der Waals surface area contributed by atoms with Gasteiger partial charge in [-0.15, -0.1) is 0 Å². The zero-order valence-electron chi connectivity index (χ0n) is 16.9. The maximum Gasteiger partial charge on any atom is 0.253 e. The van der Waals surface area contributed by atoms with E-state index in [4.69, 9.17) is 4.52 Å². The quantitative estimate of drug-likeness (QED) is 0.550. The van der Waals surface area contributed by atoms with Crippen molar-refractivity contribution in [2.45, 2.75) is 33.7 Å². The molecule has 0 aliphatic heterocycles. The third-order valence-electron chi connectivity index (χ3n) is 5.03. The molecule has 1 N–H and O–H groups in total. The fourth-order valence-corrected chi connectivity index (χ4v) is 3.35. The highest BCUT2D eigenvalue weighted by molar-refractivity contribution is 5.99. The highest BCUT2D eigenvalue weighted by Gasteiger charge is 2.20. The average Bonchev–Trinajstić information content (AvgIpc) is 3.18. The summed E-state index contributed by atoms with van der Waals surface area (Å²) in [4.78, 5) is 21.9. The molecule has 0 aliphatic rings. The van der Waals surface area contributed by atoms with Crippen LogP contribution in [0.4, 0.5) is 0 Å². The van der Waals surface area contributed by atoms with Crippen LogP contribution in [0.15, 0.2) is 53.1 Å². The average molecular weight is 386 g/mol. The number of aryl methyl sites for hydroxylation is 3. The molecule has 2 aromatic carbocycles. The summed E-state index contributed by atoms with van der Waals surface area (Å²) >= 11 is 0. The summed E-state index contributed by atoms with van der Waals surface area (Å²) in [6.45, 7) is 7.67. The van der Waals surface area contributed by atoms with Gasteiger partial charge in [-0.05, 0) is 44.9 Å². The molecule has 0 radical (unpaired) electrons. The minimum absolute atomic E-state index is 0.221. The van der Waals surface area contributed by atoms with Crippen molar-refractivity contribution in [2.75, 3.05) is 0 Å². The van der Waals surface area contributed by atoms with Crippen molar-refractivity contribution in [2.24, 2.45) is 0 Å². The molecule has 146 valence electrons. The van der Waals surface area contributed by atoms with Crippen LogP contribution in [0.25, 0.3) is 22.3 Å². The van der Waals surface area contributed by atoms with Crippen LogP contribution in [-0.4, -0.2) is 21.0 Å². The molecule has 0 spiro atoms. The SMILES string of the molecule is Cc1ccccc1-c1noc([C@H](C)NC(=O)c2cc3cccc(C)c3nc2C)n1. The number of nitrogens with one attached hydrogen (secondary N) is 1. The molecule has 0 unspecified atom stereocenters. The number of hydrogen-bond acceptors (Lipinski definition) is 5. The lowest BCUT2D eigenvalue weighted by molar-refractivity contribution is 0.0931. The molecule has 1 amide bonds. The van der Waals surface area contributed by atoms with Crippen LogP contribution >= 0.6 is 0 Å². The number of rotatable bonds is 4. The normalized spacial score (nSPS) is 12.1. The van der Waals surface area contributed by atoms with Crippen LogP contribution < -0.4 is 5.32 Å². The summed E-state index contributed by atoms with van der Waals surface area (Å²) in [5.41, 5.74) is 5.18. The molecule has 6 heteroatoms. The van der Waals surface area contributed by atoms with E-state index in [0.29, 0.717) is 23.0 Å². The molecule has 1 atom stereocenters. The third kappa shape index (κ3) is 3.61. The second-order valence-corrected chi connectivity index (χ2v) is 7.23. The number of carbonyl (C=O) groups is 1. The first-order valence-electron chi connectivity index (χ1n) is 9.51. The van der Waals surface area contributed by atoms with Gasteiger partial charge in [0.25, 0.3) is 5.91 Å². The summed E-state index contributed by atoms with van der Waals surface area (Å²) in [5.74, 6) is 0.652. The molecule has 0 saturated heterocycles. The van der Waals surface area contributed by atoms with Crippen LogP contribution in [0.2, 0.25) is 0 Å². The standard InChI is InChI=1S/C23H22N4O2/c1-13-8-5-6-11-18(13)21-26-23(29-27-21)16(4)25-22(28)19-12-17-10-7-9-14(2)20(17)24-15(19)3/h5-12,16H,1-4H3,(H,25,28)/t16-/m0/s1. The summed E-state index contributed by atoms with van der Waals surface area (Å²) in [6.07, 6.45) is 0.